The molecule has 1 aromatic carbocycles. The highest BCUT2D eigenvalue weighted by Gasteiger charge is 2.21. The summed E-state index contributed by atoms with van der Waals surface area (Å²) in [5, 5.41) is 6.95. The van der Waals surface area contributed by atoms with Crippen LogP contribution in [0.4, 0.5) is 11.4 Å². The van der Waals surface area contributed by atoms with Crippen molar-refractivity contribution in [3.05, 3.63) is 34.3 Å². The zero-order valence-corrected chi connectivity index (χ0v) is 15.4. The highest BCUT2D eigenvalue weighted by molar-refractivity contribution is 7.08. The molecule has 6 nitrogen and oxygen atoms in total. The summed E-state index contributed by atoms with van der Waals surface area (Å²) in [7, 11) is 0. The first-order valence-electron chi connectivity index (χ1n) is 8.63. The number of amides is 2. The van der Waals surface area contributed by atoms with E-state index in [2.05, 4.69) is 14.9 Å². The highest BCUT2D eigenvalue weighted by Crippen LogP contribution is 2.27. The van der Waals surface area contributed by atoms with Crippen LogP contribution in [-0.2, 0) is 11.2 Å². The Kier molecular flexibility index (Phi) is 5.43. The third-order valence-corrected chi connectivity index (χ3v) is 5.08. The Bertz CT molecular complexity index is 787. The normalized spacial score (nSPS) is 14.6. The van der Waals surface area contributed by atoms with Gasteiger partial charge in [0, 0.05) is 24.3 Å². The minimum atomic E-state index is -0.181. The van der Waals surface area contributed by atoms with Gasteiger partial charge in [-0.15, -0.1) is 5.10 Å². The molecule has 132 valence electrons. The van der Waals surface area contributed by atoms with E-state index in [1.165, 1.54) is 0 Å². The molecule has 7 heteroatoms. The third kappa shape index (κ3) is 3.87. The number of aromatic nitrogens is 2. The van der Waals surface area contributed by atoms with Crippen molar-refractivity contribution in [3.8, 4) is 0 Å². The molecule has 0 bridgehead atoms. The zero-order valence-electron chi connectivity index (χ0n) is 14.5. The molecular formula is C18H22N4O2S. The van der Waals surface area contributed by atoms with Crippen molar-refractivity contribution in [2.24, 2.45) is 0 Å². The largest absolute Gasteiger partial charge is 0.321 e. The minimum absolute atomic E-state index is 0.172. The van der Waals surface area contributed by atoms with Crippen molar-refractivity contribution < 1.29 is 9.59 Å². The van der Waals surface area contributed by atoms with Crippen LogP contribution in [0, 0.1) is 6.92 Å². The van der Waals surface area contributed by atoms with Crippen LogP contribution in [0.25, 0.3) is 0 Å². The van der Waals surface area contributed by atoms with Gasteiger partial charge in [0.25, 0.3) is 5.91 Å². The number of hydrogen-bond donors (Lipinski definition) is 1. The van der Waals surface area contributed by atoms with Crippen molar-refractivity contribution in [2.45, 2.75) is 46.0 Å². The van der Waals surface area contributed by atoms with E-state index in [9.17, 15) is 9.59 Å². The molecule has 2 amide bonds. The maximum absolute atomic E-state index is 12.5. The van der Waals surface area contributed by atoms with E-state index in [0.29, 0.717) is 17.0 Å². The number of anilines is 2. The molecule has 2 aromatic rings. The number of nitrogens with one attached hydrogen (secondary N) is 1. The molecule has 1 saturated heterocycles. The SMILES string of the molecule is CCCc1nnsc1C(=O)Nc1ccc(N2CCCCC2=O)c(C)c1. The predicted octanol–water partition coefficient (Wildman–Crippen LogP) is 3.57. The number of carbonyl (C=O) groups excluding carboxylic acids is 2. The van der Waals surface area contributed by atoms with E-state index in [4.69, 9.17) is 0 Å². The van der Waals surface area contributed by atoms with Gasteiger partial charge in [-0.05, 0) is 61.5 Å². The summed E-state index contributed by atoms with van der Waals surface area (Å²) in [6.07, 6.45) is 4.27. The second-order valence-corrected chi connectivity index (χ2v) is 7.01. The molecule has 0 atom stereocenters. The second kappa shape index (κ2) is 7.74. The van der Waals surface area contributed by atoms with E-state index in [1.807, 2.05) is 36.9 Å². The van der Waals surface area contributed by atoms with Crippen LogP contribution >= 0.6 is 11.5 Å². The molecular weight excluding hydrogens is 336 g/mol. The Hall–Kier alpha value is -2.28. The molecule has 1 fully saturated rings. The van der Waals surface area contributed by atoms with Crippen LogP contribution in [0.5, 0.6) is 0 Å². The topological polar surface area (TPSA) is 75.2 Å². The minimum Gasteiger partial charge on any atom is -0.321 e. The van der Waals surface area contributed by atoms with E-state index in [-0.39, 0.29) is 11.8 Å². The molecule has 0 radical (unpaired) electrons. The standard InChI is InChI=1S/C18H22N4O2S/c1-3-6-14-17(25-21-20-14)18(24)19-13-8-9-15(12(2)11-13)22-10-5-4-7-16(22)23/h8-9,11H,3-7,10H2,1-2H3,(H,19,24). The summed E-state index contributed by atoms with van der Waals surface area (Å²) < 4.78 is 3.89. The van der Waals surface area contributed by atoms with Crippen LogP contribution in [0.1, 0.15) is 53.5 Å². The molecule has 0 spiro atoms. The van der Waals surface area contributed by atoms with Crippen molar-refractivity contribution in [1.82, 2.24) is 9.59 Å². The van der Waals surface area contributed by atoms with Gasteiger partial charge in [-0.2, -0.15) is 0 Å². The van der Waals surface area contributed by atoms with E-state index < -0.39 is 0 Å². The number of hydrogen-bond acceptors (Lipinski definition) is 5. The van der Waals surface area contributed by atoms with Gasteiger partial charge in [0.15, 0.2) is 0 Å². The van der Waals surface area contributed by atoms with Crippen LogP contribution in [0.2, 0.25) is 0 Å². The Morgan fingerprint density at radius 2 is 2.20 bits per heavy atom. The third-order valence-electron chi connectivity index (χ3n) is 4.32. The Morgan fingerprint density at radius 1 is 1.36 bits per heavy atom. The summed E-state index contributed by atoms with van der Waals surface area (Å²) in [6, 6.07) is 5.66. The summed E-state index contributed by atoms with van der Waals surface area (Å²) in [5.74, 6) is -0.00859. The monoisotopic (exact) mass is 358 g/mol. The van der Waals surface area contributed by atoms with Crippen LogP contribution in [-0.4, -0.2) is 27.9 Å². The van der Waals surface area contributed by atoms with Crippen LogP contribution < -0.4 is 10.2 Å². The number of benzene rings is 1. The summed E-state index contributed by atoms with van der Waals surface area (Å²) in [5.41, 5.74) is 3.36. The second-order valence-electron chi connectivity index (χ2n) is 6.26. The molecule has 2 heterocycles. The smallest absolute Gasteiger partial charge is 0.269 e. The molecule has 1 N–H and O–H groups in total. The number of aryl methyl sites for hydroxylation is 2. The fourth-order valence-corrected chi connectivity index (χ4v) is 3.67. The lowest BCUT2D eigenvalue weighted by Crippen LogP contribution is -2.35. The van der Waals surface area contributed by atoms with Gasteiger partial charge in [0.05, 0.1) is 5.69 Å². The lowest BCUT2D eigenvalue weighted by molar-refractivity contribution is -0.119. The Balaban J connectivity index is 1.75. The molecule has 0 aliphatic carbocycles. The average Bonchev–Trinajstić information content (AvgIpc) is 3.05. The molecule has 1 aliphatic heterocycles. The molecule has 1 aromatic heterocycles. The van der Waals surface area contributed by atoms with Gasteiger partial charge in [-0.3, -0.25) is 9.59 Å². The first kappa shape index (κ1) is 17.5. The summed E-state index contributed by atoms with van der Waals surface area (Å²) in [6.45, 7) is 4.77. The molecule has 0 unspecified atom stereocenters. The number of rotatable bonds is 5. The van der Waals surface area contributed by atoms with E-state index in [0.717, 1.165) is 60.7 Å². The van der Waals surface area contributed by atoms with Gasteiger partial charge < -0.3 is 10.2 Å². The fourth-order valence-electron chi connectivity index (χ4n) is 3.07. The lowest BCUT2D eigenvalue weighted by Gasteiger charge is -2.28. The van der Waals surface area contributed by atoms with Crippen molar-refractivity contribution >= 4 is 34.7 Å². The predicted molar refractivity (Wildman–Crippen MR) is 99.2 cm³/mol. The molecule has 0 saturated carbocycles. The van der Waals surface area contributed by atoms with E-state index >= 15 is 0 Å². The number of piperidine rings is 1. The Morgan fingerprint density at radius 3 is 2.92 bits per heavy atom. The van der Waals surface area contributed by atoms with E-state index in [1.54, 1.807) is 0 Å². The first-order chi connectivity index (χ1) is 12.1. The summed E-state index contributed by atoms with van der Waals surface area (Å²) >= 11 is 1.12. The highest BCUT2D eigenvalue weighted by atomic mass is 32.1. The first-order valence-corrected chi connectivity index (χ1v) is 9.41. The average molecular weight is 358 g/mol. The van der Waals surface area contributed by atoms with Gasteiger partial charge in [0.2, 0.25) is 5.91 Å². The van der Waals surface area contributed by atoms with Crippen molar-refractivity contribution in [2.75, 3.05) is 16.8 Å². The van der Waals surface area contributed by atoms with Crippen molar-refractivity contribution in [1.29, 1.82) is 0 Å². The van der Waals surface area contributed by atoms with Gasteiger partial charge in [-0.1, -0.05) is 17.8 Å². The van der Waals surface area contributed by atoms with Gasteiger partial charge >= 0.3 is 0 Å². The Labute approximate surface area is 151 Å². The van der Waals surface area contributed by atoms with Gasteiger partial charge in [0.1, 0.15) is 4.88 Å². The zero-order chi connectivity index (χ0) is 17.8. The lowest BCUT2D eigenvalue weighted by atomic mass is 10.1. The maximum atomic E-state index is 12.5. The number of nitrogens with zero attached hydrogens (tertiary/aromatic N) is 3. The maximum Gasteiger partial charge on any atom is 0.269 e. The summed E-state index contributed by atoms with van der Waals surface area (Å²) in [4.78, 5) is 27.0. The number of carbonyl (C=O) groups is 2. The quantitative estimate of drug-likeness (QED) is 0.886. The van der Waals surface area contributed by atoms with Crippen molar-refractivity contribution in [3.63, 3.8) is 0 Å². The molecule has 1 aliphatic rings. The van der Waals surface area contributed by atoms with Crippen LogP contribution in [0.15, 0.2) is 18.2 Å². The van der Waals surface area contributed by atoms with Gasteiger partial charge in [-0.25, -0.2) is 0 Å². The fraction of sp³-hybridized carbons (Fsp3) is 0.444. The molecule has 3 rings (SSSR count). The molecule has 25 heavy (non-hydrogen) atoms. The van der Waals surface area contributed by atoms with Crippen LogP contribution in [0.3, 0.4) is 0 Å².